The van der Waals surface area contributed by atoms with Crippen LogP contribution < -0.4 is 0 Å². The number of hydrogen-bond acceptors (Lipinski definition) is 0. The summed E-state index contributed by atoms with van der Waals surface area (Å²) in [5.74, 6) is 5.66. The van der Waals surface area contributed by atoms with Gasteiger partial charge in [-0.05, 0) is 54.8 Å². The highest BCUT2D eigenvalue weighted by Gasteiger charge is 2.27. The fourth-order valence-electron chi connectivity index (χ4n) is 3.67. The molecule has 108 valence electrons. The molecule has 0 aromatic rings. The highest BCUT2D eigenvalue weighted by atomic mass is 14.3. The molecule has 0 aromatic carbocycles. The van der Waals surface area contributed by atoms with Gasteiger partial charge < -0.3 is 0 Å². The van der Waals surface area contributed by atoms with Crippen LogP contribution in [0.25, 0.3) is 0 Å². The fraction of sp³-hybridized carbons (Fsp3) is 1.00. The topological polar surface area (TPSA) is 0 Å². The predicted molar refractivity (Wildman–Crippen MR) is 82.7 cm³/mol. The Hall–Kier alpha value is 0. The van der Waals surface area contributed by atoms with E-state index in [4.69, 9.17) is 0 Å². The van der Waals surface area contributed by atoms with Crippen LogP contribution in [0.5, 0.6) is 0 Å². The van der Waals surface area contributed by atoms with Gasteiger partial charge in [-0.15, -0.1) is 0 Å². The molecule has 0 amide bonds. The first kappa shape index (κ1) is 16.1. The van der Waals surface area contributed by atoms with E-state index < -0.39 is 0 Å². The summed E-state index contributed by atoms with van der Waals surface area (Å²) in [6, 6.07) is 0. The second-order valence-corrected chi connectivity index (χ2v) is 7.82. The van der Waals surface area contributed by atoms with Gasteiger partial charge in [-0.2, -0.15) is 0 Å². The first-order chi connectivity index (χ1) is 8.40. The van der Waals surface area contributed by atoms with Gasteiger partial charge in [0, 0.05) is 0 Å². The summed E-state index contributed by atoms with van der Waals surface area (Å²) in [5.41, 5.74) is 0. The minimum atomic E-state index is 0.870. The van der Waals surface area contributed by atoms with Crippen LogP contribution in [0.2, 0.25) is 0 Å². The summed E-state index contributed by atoms with van der Waals surface area (Å²) in [6.45, 7) is 14.6. The molecule has 0 radical (unpaired) electrons. The van der Waals surface area contributed by atoms with E-state index in [0.717, 1.165) is 35.5 Å². The lowest BCUT2D eigenvalue weighted by Gasteiger charge is -2.35. The molecule has 0 heterocycles. The van der Waals surface area contributed by atoms with Gasteiger partial charge >= 0.3 is 0 Å². The minimum Gasteiger partial charge on any atom is -0.0628 e. The molecule has 0 N–H and O–H groups in total. The first-order valence-corrected chi connectivity index (χ1v) is 8.40. The first-order valence-electron chi connectivity index (χ1n) is 8.40. The highest BCUT2D eigenvalue weighted by molar-refractivity contribution is 4.78. The molecule has 0 aliphatic heterocycles. The predicted octanol–water partition coefficient (Wildman–Crippen LogP) is 6.16. The molecule has 0 aromatic heterocycles. The van der Waals surface area contributed by atoms with Crippen molar-refractivity contribution in [2.75, 3.05) is 0 Å². The second kappa shape index (κ2) is 7.56. The van der Waals surface area contributed by atoms with Crippen molar-refractivity contribution in [1.82, 2.24) is 0 Å². The molecule has 18 heavy (non-hydrogen) atoms. The van der Waals surface area contributed by atoms with Gasteiger partial charge in [0.05, 0.1) is 0 Å². The quantitative estimate of drug-likeness (QED) is 0.531. The van der Waals surface area contributed by atoms with Crippen LogP contribution in [0.4, 0.5) is 0 Å². The maximum Gasteiger partial charge on any atom is -0.0386 e. The Morgan fingerprint density at radius 1 is 0.889 bits per heavy atom. The van der Waals surface area contributed by atoms with Gasteiger partial charge in [0.15, 0.2) is 0 Å². The summed E-state index contributed by atoms with van der Waals surface area (Å²) in [6.07, 6.45) is 8.75. The van der Waals surface area contributed by atoms with E-state index in [-0.39, 0.29) is 0 Å². The Bertz CT molecular complexity index is 218. The second-order valence-electron chi connectivity index (χ2n) is 7.82. The molecule has 0 spiro atoms. The monoisotopic (exact) mass is 252 g/mol. The Balaban J connectivity index is 2.32. The molecular weight excluding hydrogens is 216 g/mol. The summed E-state index contributed by atoms with van der Waals surface area (Å²) >= 11 is 0. The SMILES string of the molecule is CC(C)CCC(C)C(C)CC1CCC(C)CC1C. The summed E-state index contributed by atoms with van der Waals surface area (Å²) in [5, 5.41) is 0. The Morgan fingerprint density at radius 2 is 1.56 bits per heavy atom. The Morgan fingerprint density at radius 3 is 2.11 bits per heavy atom. The van der Waals surface area contributed by atoms with E-state index in [1.54, 1.807) is 0 Å². The van der Waals surface area contributed by atoms with E-state index in [1.165, 1.54) is 38.5 Å². The highest BCUT2D eigenvalue weighted by Crippen LogP contribution is 2.38. The van der Waals surface area contributed by atoms with Gasteiger partial charge in [0.25, 0.3) is 0 Å². The molecule has 1 aliphatic rings. The van der Waals surface area contributed by atoms with Crippen molar-refractivity contribution in [3.05, 3.63) is 0 Å². The van der Waals surface area contributed by atoms with Crippen LogP contribution in [0, 0.1) is 35.5 Å². The lowest BCUT2D eigenvalue weighted by Crippen LogP contribution is -2.25. The standard InChI is InChI=1S/C18H36/c1-13(2)7-9-15(4)16(5)12-18-10-8-14(3)11-17(18)6/h13-18H,7-12H2,1-6H3. The molecule has 5 unspecified atom stereocenters. The maximum absolute atomic E-state index is 2.50. The smallest absolute Gasteiger partial charge is 0.0386 e. The third kappa shape index (κ3) is 5.33. The van der Waals surface area contributed by atoms with Crippen LogP contribution in [0.15, 0.2) is 0 Å². The molecule has 1 aliphatic carbocycles. The molecule has 1 saturated carbocycles. The molecule has 1 rings (SSSR count). The van der Waals surface area contributed by atoms with Gasteiger partial charge in [-0.3, -0.25) is 0 Å². The van der Waals surface area contributed by atoms with Crippen molar-refractivity contribution in [1.29, 1.82) is 0 Å². The van der Waals surface area contributed by atoms with Crippen molar-refractivity contribution < 1.29 is 0 Å². The largest absolute Gasteiger partial charge is 0.0628 e. The fourth-order valence-corrected chi connectivity index (χ4v) is 3.67. The molecule has 0 heteroatoms. The Kier molecular flexibility index (Phi) is 6.74. The van der Waals surface area contributed by atoms with E-state index in [1.807, 2.05) is 0 Å². The van der Waals surface area contributed by atoms with E-state index in [2.05, 4.69) is 41.5 Å². The Labute approximate surface area is 116 Å². The summed E-state index contributed by atoms with van der Waals surface area (Å²) in [7, 11) is 0. The van der Waals surface area contributed by atoms with Crippen molar-refractivity contribution in [3.63, 3.8) is 0 Å². The molecule has 0 bridgehead atoms. The molecule has 0 saturated heterocycles. The molecular formula is C18H36. The zero-order chi connectivity index (χ0) is 13.7. The molecule has 0 nitrogen and oxygen atoms in total. The van der Waals surface area contributed by atoms with Crippen molar-refractivity contribution in [2.24, 2.45) is 35.5 Å². The van der Waals surface area contributed by atoms with Crippen molar-refractivity contribution in [3.8, 4) is 0 Å². The van der Waals surface area contributed by atoms with Crippen LogP contribution >= 0.6 is 0 Å². The average molecular weight is 252 g/mol. The lowest BCUT2D eigenvalue weighted by molar-refractivity contribution is 0.157. The molecule has 5 atom stereocenters. The maximum atomic E-state index is 2.50. The zero-order valence-electron chi connectivity index (χ0n) is 13.7. The average Bonchev–Trinajstić information content (AvgIpc) is 2.29. The van der Waals surface area contributed by atoms with Gasteiger partial charge in [0.2, 0.25) is 0 Å². The number of hydrogen-bond donors (Lipinski definition) is 0. The van der Waals surface area contributed by atoms with Gasteiger partial charge in [0.1, 0.15) is 0 Å². The zero-order valence-corrected chi connectivity index (χ0v) is 13.7. The van der Waals surface area contributed by atoms with Crippen molar-refractivity contribution in [2.45, 2.75) is 80.1 Å². The van der Waals surface area contributed by atoms with Gasteiger partial charge in [-0.25, -0.2) is 0 Å². The lowest BCUT2D eigenvalue weighted by atomic mass is 9.70. The third-order valence-corrected chi connectivity index (χ3v) is 5.45. The van der Waals surface area contributed by atoms with E-state index >= 15 is 0 Å². The third-order valence-electron chi connectivity index (χ3n) is 5.45. The minimum absolute atomic E-state index is 0.870. The van der Waals surface area contributed by atoms with Crippen LogP contribution in [0.1, 0.15) is 80.1 Å². The summed E-state index contributed by atoms with van der Waals surface area (Å²) < 4.78 is 0. The normalized spacial score (nSPS) is 32.5. The van der Waals surface area contributed by atoms with E-state index in [9.17, 15) is 0 Å². The van der Waals surface area contributed by atoms with Crippen LogP contribution in [-0.2, 0) is 0 Å². The van der Waals surface area contributed by atoms with Crippen molar-refractivity contribution >= 4 is 0 Å². The molecule has 1 fully saturated rings. The van der Waals surface area contributed by atoms with E-state index in [0.29, 0.717) is 0 Å². The number of rotatable bonds is 6. The summed E-state index contributed by atoms with van der Waals surface area (Å²) in [4.78, 5) is 0. The van der Waals surface area contributed by atoms with Crippen LogP contribution in [-0.4, -0.2) is 0 Å². The van der Waals surface area contributed by atoms with Crippen LogP contribution in [0.3, 0.4) is 0 Å². The van der Waals surface area contributed by atoms with Gasteiger partial charge in [-0.1, -0.05) is 60.8 Å².